The highest BCUT2D eigenvalue weighted by molar-refractivity contribution is 9.10. The Morgan fingerprint density at radius 3 is 2.18 bits per heavy atom. The zero-order valence-corrected chi connectivity index (χ0v) is 13.5. The maximum absolute atomic E-state index is 12.2. The van der Waals surface area contributed by atoms with Crippen molar-refractivity contribution in [3.8, 4) is 0 Å². The fourth-order valence-electron chi connectivity index (χ4n) is 1.81. The molecule has 22 heavy (non-hydrogen) atoms. The van der Waals surface area contributed by atoms with Crippen molar-refractivity contribution in [3.63, 3.8) is 0 Å². The number of halogens is 1. The Hall–Kier alpha value is -2.18. The van der Waals surface area contributed by atoms with E-state index in [4.69, 9.17) is 4.74 Å². The van der Waals surface area contributed by atoms with Gasteiger partial charge < -0.3 is 15.4 Å². The van der Waals surface area contributed by atoms with Gasteiger partial charge in [0.2, 0.25) is 5.91 Å². The zero-order chi connectivity index (χ0) is 15.9. The quantitative estimate of drug-likeness (QED) is 0.857. The van der Waals surface area contributed by atoms with Gasteiger partial charge in [0.25, 0.3) is 5.91 Å². The molecule has 2 amide bonds. The number of anilines is 2. The molecule has 0 aliphatic heterocycles. The fraction of sp³-hybridized carbons (Fsp3) is 0.125. The van der Waals surface area contributed by atoms with Gasteiger partial charge in [0, 0.05) is 23.0 Å². The van der Waals surface area contributed by atoms with E-state index in [1.807, 2.05) is 12.1 Å². The average Bonchev–Trinajstić information content (AvgIpc) is 2.50. The number of amides is 2. The predicted molar refractivity (Wildman–Crippen MR) is 89.0 cm³/mol. The maximum Gasteiger partial charge on any atom is 0.256 e. The number of methoxy groups -OCH3 is 1. The first-order valence-electron chi connectivity index (χ1n) is 6.55. The first kappa shape index (κ1) is 16.2. The number of rotatable bonds is 5. The van der Waals surface area contributed by atoms with Crippen LogP contribution in [0.5, 0.6) is 0 Å². The Morgan fingerprint density at radius 2 is 1.59 bits per heavy atom. The van der Waals surface area contributed by atoms with Gasteiger partial charge >= 0.3 is 0 Å². The SMILES string of the molecule is COCC(=O)Nc1ccc(NC(=O)c2ccccc2Br)cc1. The van der Waals surface area contributed by atoms with Crippen molar-refractivity contribution in [2.24, 2.45) is 0 Å². The monoisotopic (exact) mass is 362 g/mol. The number of carbonyl (C=O) groups excluding carboxylic acids is 2. The number of benzene rings is 2. The molecule has 2 aromatic carbocycles. The van der Waals surface area contributed by atoms with Gasteiger partial charge in [-0.1, -0.05) is 12.1 Å². The van der Waals surface area contributed by atoms with Crippen LogP contribution in [0.3, 0.4) is 0 Å². The van der Waals surface area contributed by atoms with Crippen molar-refractivity contribution in [2.75, 3.05) is 24.4 Å². The summed E-state index contributed by atoms with van der Waals surface area (Å²) in [5.74, 6) is -0.434. The Kier molecular flexibility index (Phi) is 5.68. The summed E-state index contributed by atoms with van der Waals surface area (Å²) in [6, 6.07) is 14.1. The maximum atomic E-state index is 12.2. The largest absolute Gasteiger partial charge is 0.375 e. The third kappa shape index (κ3) is 4.41. The molecule has 0 aromatic heterocycles. The molecule has 2 aromatic rings. The van der Waals surface area contributed by atoms with Gasteiger partial charge in [-0.25, -0.2) is 0 Å². The number of nitrogens with one attached hydrogen (secondary N) is 2. The van der Waals surface area contributed by atoms with E-state index in [-0.39, 0.29) is 18.4 Å². The molecule has 0 saturated carbocycles. The van der Waals surface area contributed by atoms with E-state index in [0.29, 0.717) is 16.9 Å². The highest BCUT2D eigenvalue weighted by Gasteiger charge is 2.09. The summed E-state index contributed by atoms with van der Waals surface area (Å²) in [7, 11) is 1.46. The number of ether oxygens (including phenoxy) is 1. The topological polar surface area (TPSA) is 67.4 Å². The third-order valence-electron chi connectivity index (χ3n) is 2.82. The van der Waals surface area contributed by atoms with Crippen LogP contribution in [0.4, 0.5) is 11.4 Å². The lowest BCUT2D eigenvalue weighted by Gasteiger charge is -2.08. The minimum absolute atomic E-state index is 0.000517. The van der Waals surface area contributed by atoms with E-state index >= 15 is 0 Å². The van der Waals surface area contributed by atoms with E-state index in [0.717, 1.165) is 4.47 Å². The summed E-state index contributed by atoms with van der Waals surface area (Å²) in [5.41, 5.74) is 1.84. The van der Waals surface area contributed by atoms with E-state index in [1.165, 1.54) is 7.11 Å². The van der Waals surface area contributed by atoms with Crippen LogP contribution in [0.2, 0.25) is 0 Å². The van der Waals surface area contributed by atoms with Crippen LogP contribution in [0.25, 0.3) is 0 Å². The molecule has 6 heteroatoms. The molecule has 0 atom stereocenters. The van der Waals surface area contributed by atoms with E-state index < -0.39 is 0 Å². The summed E-state index contributed by atoms with van der Waals surface area (Å²) in [4.78, 5) is 23.5. The lowest BCUT2D eigenvalue weighted by Crippen LogP contribution is -2.17. The molecule has 0 aliphatic rings. The second-order valence-electron chi connectivity index (χ2n) is 4.49. The second kappa shape index (κ2) is 7.72. The second-order valence-corrected chi connectivity index (χ2v) is 5.35. The van der Waals surface area contributed by atoms with Crippen molar-refractivity contribution in [1.82, 2.24) is 0 Å². The zero-order valence-electron chi connectivity index (χ0n) is 11.9. The molecule has 114 valence electrons. The van der Waals surface area contributed by atoms with Gasteiger partial charge in [0.15, 0.2) is 0 Å². The molecule has 0 spiro atoms. The summed E-state index contributed by atoms with van der Waals surface area (Å²) in [5, 5.41) is 5.48. The highest BCUT2D eigenvalue weighted by Crippen LogP contribution is 2.19. The third-order valence-corrected chi connectivity index (χ3v) is 3.51. The van der Waals surface area contributed by atoms with Gasteiger partial charge in [0.1, 0.15) is 6.61 Å². The minimum atomic E-state index is -0.229. The molecule has 0 radical (unpaired) electrons. The van der Waals surface area contributed by atoms with Gasteiger partial charge in [-0.2, -0.15) is 0 Å². The highest BCUT2D eigenvalue weighted by atomic mass is 79.9. The van der Waals surface area contributed by atoms with Crippen molar-refractivity contribution >= 4 is 39.1 Å². The first-order valence-corrected chi connectivity index (χ1v) is 7.34. The lowest BCUT2D eigenvalue weighted by atomic mass is 10.2. The molecular weight excluding hydrogens is 348 g/mol. The van der Waals surface area contributed by atoms with Gasteiger partial charge in [0.05, 0.1) is 5.56 Å². The van der Waals surface area contributed by atoms with Crippen molar-refractivity contribution in [3.05, 3.63) is 58.6 Å². The Balaban J connectivity index is 2.01. The van der Waals surface area contributed by atoms with Crippen LogP contribution in [0, 0.1) is 0 Å². The van der Waals surface area contributed by atoms with Gasteiger partial charge in [-0.3, -0.25) is 9.59 Å². The predicted octanol–water partition coefficient (Wildman–Crippen LogP) is 3.29. The molecule has 0 fully saturated rings. The Labute approximate surface area is 136 Å². The molecule has 0 saturated heterocycles. The Bertz CT molecular complexity index is 671. The summed E-state index contributed by atoms with van der Waals surface area (Å²) in [6.45, 7) is 0.000517. The van der Waals surface area contributed by atoms with Crippen LogP contribution < -0.4 is 10.6 Å². The standard InChI is InChI=1S/C16H15BrN2O3/c1-22-10-15(20)18-11-6-8-12(9-7-11)19-16(21)13-4-2-3-5-14(13)17/h2-9H,10H2,1H3,(H,18,20)(H,19,21). The molecule has 2 N–H and O–H groups in total. The molecule has 0 unspecified atom stereocenters. The van der Waals surface area contributed by atoms with Crippen LogP contribution in [0.1, 0.15) is 10.4 Å². The summed E-state index contributed by atoms with van der Waals surface area (Å²) >= 11 is 3.34. The van der Waals surface area contributed by atoms with Gasteiger partial charge in [-0.05, 0) is 52.3 Å². The van der Waals surface area contributed by atoms with Crippen LogP contribution in [-0.2, 0) is 9.53 Å². The number of hydrogen-bond acceptors (Lipinski definition) is 3. The van der Waals surface area contributed by atoms with E-state index in [1.54, 1.807) is 36.4 Å². The molecular formula is C16H15BrN2O3. The number of hydrogen-bond donors (Lipinski definition) is 2. The molecule has 5 nitrogen and oxygen atoms in total. The van der Waals surface area contributed by atoms with Gasteiger partial charge in [-0.15, -0.1) is 0 Å². The first-order chi connectivity index (χ1) is 10.6. The number of carbonyl (C=O) groups is 2. The average molecular weight is 363 g/mol. The van der Waals surface area contributed by atoms with Crippen molar-refractivity contribution in [1.29, 1.82) is 0 Å². The lowest BCUT2D eigenvalue weighted by molar-refractivity contribution is -0.119. The van der Waals surface area contributed by atoms with Crippen LogP contribution in [-0.4, -0.2) is 25.5 Å². The summed E-state index contributed by atoms with van der Waals surface area (Å²) < 4.78 is 5.47. The molecule has 0 heterocycles. The smallest absolute Gasteiger partial charge is 0.256 e. The molecule has 0 aliphatic carbocycles. The Morgan fingerprint density at radius 1 is 1.00 bits per heavy atom. The fourth-order valence-corrected chi connectivity index (χ4v) is 2.27. The normalized spacial score (nSPS) is 10.1. The van der Waals surface area contributed by atoms with Crippen molar-refractivity contribution in [2.45, 2.75) is 0 Å². The van der Waals surface area contributed by atoms with E-state index in [2.05, 4.69) is 26.6 Å². The molecule has 0 bridgehead atoms. The van der Waals surface area contributed by atoms with E-state index in [9.17, 15) is 9.59 Å². The van der Waals surface area contributed by atoms with Crippen molar-refractivity contribution < 1.29 is 14.3 Å². The summed E-state index contributed by atoms with van der Waals surface area (Å²) in [6.07, 6.45) is 0. The minimum Gasteiger partial charge on any atom is -0.375 e. The molecule has 2 rings (SSSR count). The van der Waals surface area contributed by atoms with Crippen LogP contribution >= 0.6 is 15.9 Å². The van der Waals surface area contributed by atoms with Crippen LogP contribution in [0.15, 0.2) is 53.0 Å².